The van der Waals surface area contributed by atoms with Crippen LogP contribution in [-0.4, -0.2) is 42.4 Å². The van der Waals surface area contributed by atoms with Gasteiger partial charge in [0.15, 0.2) is 0 Å². The van der Waals surface area contributed by atoms with E-state index < -0.39 is 0 Å². The summed E-state index contributed by atoms with van der Waals surface area (Å²) >= 11 is 0. The molecule has 0 saturated heterocycles. The summed E-state index contributed by atoms with van der Waals surface area (Å²) in [5, 5.41) is 5.89. The fraction of sp³-hybridized carbons (Fsp3) is 0.316. The first-order chi connectivity index (χ1) is 11.2. The number of ether oxygens (including phenoxy) is 1. The van der Waals surface area contributed by atoms with Gasteiger partial charge in [0.05, 0.1) is 12.6 Å². The molecule has 0 aliphatic heterocycles. The van der Waals surface area contributed by atoms with Gasteiger partial charge in [-0.05, 0) is 56.4 Å². The van der Waals surface area contributed by atoms with Gasteiger partial charge in [0.1, 0.15) is 5.75 Å². The normalized spacial score (nSPS) is 11.3. The van der Waals surface area contributed by atoms with Gasteiger partial charge < -0.3 is 9.64 Å². The van der Waals surface area contributed by atoms with Crippen molar-refractivity contribution in [2.75, 3.05) is 27.7 Å². The summed E-state index contributed by atoms with van der Waals surface area (Å²) in [5.41, 5.74) is 3.35. The second kappa shape index (κ2) is 6.84. The number of fused-ring (bicyclic) bond motifs is 1. The van der Waals surface area contributed by atoms with E-state index in [1.807, 2.05) is 16.8 Å². The Bertz CT molecular complexity index is 792. The second-order valence-electron chi connectivity index (χ2n) is 6.05. The van der Waals surface area contributed by atoms with Gasteiger partial charge in [-0.3, -0.25) is 4.68 Å². The molecule has 120 valence electrons. The van der Waals surface area contributed by atoms with Crippen molar-refractivity contribution in [1.82, 2.24) is 14.7 Å². The van der Waals surface area contributed by atoms with Gasteiger partial charge in [-0.1, -0.05) is 24.3 Å². The zero-order valence-electron chi connectivity index (χ0n) is 14.0. The average Bonchev–Trinajstić information content (AvgIpc) is 2.96. The molecule has 0 unspecified atom stereocenters. The largest absolute Gasteiger partial charge is 0.497 e. The highest BCUT2D eigenvalue weighted by Crippen LogP contribution is 2.26. The molecule has 0 spiro atoms. The third-order valence-corrected chi connectivity index (χ3v) is 3.95. The van der Waals surface area contributed by atoms with E-state index in [-0.39, 0.29) is 0 Å². The molecular formula is C19H23N3O. The maximum atomic E-state index is 5.31. The van der Waals surface area contributed by atoms with Crippen LogP contribution in [0.4, 0.5) is 0 Å². The Labute approximate surface area is 137 Å². The predicted octanol–water partition coefficient (Wildman–Crippen LogP) is 3.66. The van der Waals surface area contributed by atoms with Crippen molar-refractivity contribution in [2.24, 2.45) is 0 Å². The van der Waals surface area contributed by atoms with Crippen LogP contribution in [0.25, 0.3) is 22.0 Å². The topological polar surface area (TPSA) is 30.3 Å². The van der Waals surface area contributed by atoms with Gasteiger partial charge in [0.25, 0.3) is 0 Å². The summed E-state index contributed by atoms with van der Waals surface area (Å²) in [6.45, 7) is 2.02. The Hall–Kier alpha value is -2.33. The van der Waals surface area contributed by atoms with Gasteiger partial charge in [0, 0.05) is 18.1 Å². The average molecular weight is 309 g/mol. The van der Waals surface area contributed by atoms with E-state index in [9.17, 15) is 0 Å². The lowest BCUT2D eigenvalue weighted by molar-refractivity contribution is 0.381. The fourth-order valence-electron chi connectivity index (χ4n) is 2.71. The van der Waals surface area contributed by atoms with Gasteiger partial charge in [-0.2, -0.15) is 5.10 Å². The molecule has 1 aromatic heterocycles. The third kappa shape index (κ3) is 3.71. The molecule has 0 fully saturated rings. The standard InChI is InChI=1S/C19H23N3O/c1-21(2)10-5-11-22-14-17-9-8-16(13-19(17)20-22)15-6-4-7-18(12-15)23-3/h4,6-9,12-14H,5,10-11H2,1-3H3. The summed E-state index contributed by atoms with van der Waals surface area (Å²) in [4.78, 5) is 2.20. The molecular weight excluding hydrogens is 286 g/mol. The van der Waals surface area contributed by atoms with E-state index in [4.69, 9.17) is 9.84 Å². The number of rotatable bonds is 6. The maximum Gasteiger partial charge on any atom is 0.119 e. The minimum absolute atomic E-state index is 0.872. The highest BCUT2D eigenvalue weighted by molar-refractivity contribution is 5.84. The summed E-state index contributed by atoms with van der Waals surface area (Å²) in [5.74, 6) is 0.872. The van der Waals surface area contributed by atoms with Crippen molar-refractivity contribution in [3.8, 4) is 16.9 Å². The molecule has 0 bridgehead atoms. The van der Waals surface area contributed by atoms with E-state index in [1.54, 1.807) is 7.11 Å². The lowest BCUT2D eigenvalue weighted by atomic mass is 10.0. The van der Waals surface area contributed by atoms with Crippen molar-refractivity contribution in [3.05, 3.63) is 48.7 Å². The van der Waals surface area contributed by atoms with E-state index in [1.165, 1.54) is 5.39 Å². The van der Waals surface area contributed by atoms with Crippen LogP contribution in [0.3, 0.4) is 0 Å². The van der Waals surface area contributed by atoms with Crippen LogP contribution in [0.2, 0.25) is 0 Å². The smallest absolute Gasteiger partial charge is 0.119 e. The Morgan fingerprint density at radius 1 is 1.09 bits per heavy atom. The predicted molar refractivity (Wildman–Crippen MR) is 94.9 cm³/mol. The molecule has 1 heterocycles. The highest BCUT2D eigenvalue weighted by atomic mass is 16.5. The minimum Gasteiger partial charge on any atom is -0.497 e. The van der Waals surface area contributed by atoms with Crippen molar-refractivity contribution in [2.45, 2.75) is 13.0 Å². The lowest BCUT2D eigenvalue weighted by Crippen LogP contribution is -2.15. The van der Waals surface area contributed by atoms with Crippen LogP contribution in [0.15, 0.2) is 48.7 Å². The first-order valence-electron chi connectivity index (χ1n) is 7.92. The fourth-order valence-corrected chi connectivity index (χ4v) is 2.71. The molecule has 2 aromatic carbocycles. The lowest BCUT2D eigenvalue weighted by Gasteiger charge is -2.08. The number of nitrogens with zero attached hydrogens (tertiary/aromatic N) is 3. The van der Waals surface area contributed by atoms with Crippen LogP contribution in [0, 0.1) is 0 Å². The molecule has 0 atom stereocenters. The Balaban J connectivity index is 1.83. The first-order valence-corrected chi connectivity index (χ1v) is 7.92. The molecule has 0 amide bonds. The van der Waals surface area contributed by atoms with Crippen molar-refractivity contribution in [1.29, 1.82) is 0 Å². The monoisotopic (exact) mass is 309 g/mol. The molecule has 4 heteroatoms. The second-order valence-corrected chi connectivity index (χ2v) is 6.05. The first kappa shape index (κ1) is 15.6. The van der Waals surface area contributed by atoms with Crippen LogP contribution < -0.4 is 4.74 Å². The number of aryl methyl sites for hydroxylation is 1. The van der Waals surface area contributed by atoms with Gasteiger partial charge in [0.2, 0.25) is 0 Å². The Morgan fingerprint density at radius 2 is 1.91 bits per heavy atom. The van der Waals surface area contributed by atoms with Crippen LogP contribution in [0.1, 0.15) is 6.42 Å². The number of benzene rings is 2. The quantitative estimate of drug-likeness (QED) is 0.696. The Morgan fingerprint density at radius 3 is 2.70 bits per heavy atom. The van der Waals surface area contributed by atoms with Crippen LogP contribution >= 0.6 is 0 Å². The van der Waals surface area contributed by atoms with Crippen molar-refractivity contribution < 1.29 is 4.74 Å². The van der Waals surface area contributed by atoms with E-state index in [0.717, 1.165) is 41.9 Å². The third-order valence-electron chi connectivity index (χ3n) is 3.95. The summed E-state index contributed by atoms with van der Waals surface area (Å²) in [6.07, 6.45) is 3.23. The molecule has 3 rings (SSSR count). The van der Waals surface area contributed by atoms with Crippen molar-refractivity contribution >= 4 is 10.9 Å². The van der Waals surface area contributed by atoms with E-state index >= 15 is 0 Å². The number of hydrogen-bond acceptors (Lipinski definition) is 3. The van der Waals surface area contributed by atoms with Crippen molar-refractivity contribution in [3.63, 3.8) is 0 Å². The zero-order chi connectivity index (χ0) is 16.2. The highest BCUT2D eigenvalue weighted by Gasteiger charge is 2.05. The summed E-state index contributed by atoms with van der Waals surface area (Å²) < 4.78 is 7.35. The summed E-state index contributed by atoms with van der Waals surface area (Å²) in [6, 6.07) is 14.5. The molecule has 3 aromatic rings. The molecule has 0 N–H and O–H groups in total. The van der Waals surface area contributed by atoms with Gasteiger partial charge in [-0.25, -0.2) is 0 Å². The number of aromatic nitrogens is 2. The SMILES string of the molecule is COc1cccc(-c2ccc3cn(CCCN(C)C)nc3c2)c1. The number of methoxy groups -OCH3 is 1. The molecule has 0 saturated carbocycles. The molecule has 4 nitrogen and oxygen atoms in total. The van der Waals surface area contributed by atoms with Gasteiger partial charge >= 0.3 is 0 Å². The van der Waals surface area contributed by atoms with Gasteiger partial charge in [-0.15, -0.1) is 0 Å². The summed E-state index contributed by atoms with van der Waals surface area (Å²) in [7, 11) is 5.89. The Kier molecular flexibility index (Phi) is 4.63. The molecule has 0 aliphatic carbocycles. The van der Waals surface area contributed by atoms with E-state index in [0.29, 0.717) is 0 Å². The number of hydrogen-bond donors (Lipinski definition) is 0. The molecule has 0 radical (unpaired) electrons. The zero-order valence-corrected chi connectivity index (χ0v) is 14.0. The molecule has 23 heavy (non-hydrogen) atoms. The van der Waals surface area contributed by atoms with Crippen LogP contribution in [-0.2, 0) is 6.54 Å². The molecule has 0 aliphatic rings. The van der Waals surface area contributed by atoms with E-state index in [2.05, 4.69) is 55.5 Å². The minimum atomic E-state index is 0.872. The van der Waals surface area contributed by atoms with Crippen LogP contribution in [0.5, 0.6) is 5.75 Å². The maximum absolute atomic E-state index is 5.31.